The summed E-state index contributed by atoms with van der Waals surface area (Å²) in [5, 5.41) is 3.26. The van der Waals surface area contributed by atoms with Gasteiger partial charge in [-0.15, -0.1) is 0 Å². The number of carbonyl (C=O) groups is 1. The Kier molecular flexibility index (Phi) is 6.75. The van der Waals surface area contributed by atoms with Crippen LogP contribution in [0.1, 0.15) is 26.7 Å². The first-order valence-corrected chi connectivity index (χ1v) is 7.26. The maximum atomic E-state index is 11.9. The molecule has 0 saturated carbocycles. The van der Waals surface area contributed by atoms with Crippen LogP contribution in [0, 0.1) is 0 Å². The molecular weight excluding hydrogens is 242 g/mol. The highest BCUT2D eigenvalue weighted by Crippen LogP contribution is 2.14. The zero-order valence-electron chi connectivity index (χ0n) is 12.9. The summed E-state index contributed by atoms with van der Waals surface area (Å²) in [7, 11) is 3.62. The van der Waals surface area contributed by atoms with E-state index >= 15 is 0 Å². The fraction of sp³-hybridized carbons (Fsp3) is 0.929. The third-order valence-electron chi connectivity index (χ3n) is 3.94. The Morgan fingerprint density at radius 1 is 1.32 bits per heavy atom. The van der Waals surface area contributed by atoms with Gasteiger partial charge in [-0.3, -0.25) is 4.79 Å². The van der Waals surface area contributed by atoms with Crippen LogP contribution in [0.15, 0.2) is 0 Å². The summed E-state index contributed by atoms with van der Waals surface area (Å²) < 4.78 is 4.92. The summed E-state index contributed by atoms with van der Waals surface area (Å²) in [5.74, 6) is -0.165. The molecule has 0 aromatic carbocycles. The minimum absolute atomic E-state index is 0.165. The number of ether oxygens (including phenoxy) is 1. The summed E-state index contributed by atoms with van der Waals surface area (Å²) in [6.07, 6.45) is 1.99. The van der Waals surface area contributed by atoms with Crippen molar-refractivity contribution in [1.82, 2.24) is 15.1 Å². The number of likely N-dealkylation sites (N-methyl/N-ethyl adjacent to an activating group) is 2. The maximum absolute atomic E-state index is 11.9. The molecule has 5 nitrogen and oxygen atoms in total. The monoisotopic (exact) mass is 271 g/mol. The van der Waals surface area contributed by atoms with Crippen LogP contribution in [0.2, 0.25) is 0 Å². The van der Waals surface area contributed by atoms with Crippen LogP contribution in [0.3, 0.4) is 0 Å². The molecule has 0 radical (unpaired) electrons. The van der Waals surface area contributed by atoms with Gasteiger partial charge < -0.3 is 19.9 Å². The summed E-state index contributed by atoms with van der Waals surface area (Å²) in [5.41, 5.74) is -0.568. The first kappa shape index (κ1) is 16.4. The summed E-state index contributed by atoms with van der Waals surface area (Å²) in [6.45, 7) is 10.1. The average molecular weight is 271 g/mol. The first-order chi connectivity index (χ1) is 9.01. The third-order valence-corrected chi connectivity index (χ3v) is 3.94. The second kappa shape index (κ2) is 7.82. The van der Waals surface area contributed by atoms with E-state index in [-0.39, 0.29) is 5.97 Å². The molecule has 5 heteroatoms. The maximum Gasteiger partial charge on any atom is 0.325 e. The molecule has 1 aliphatic rings. The minimum atomic E-state index is -0.568. The zero-order valence-corrected chi connectivity index (χ0v) is 12.9. The van der Waals surface area contributed by atoms with Crippen molar-refractivity contribution in [2.45, 2.75) is 32.2 Å². The predicted molar refractivity (Wildman–Crippen MR) is 77.3 cm³/mol. The second-order valence-electron chi connectivity index (χ2n) is 5.60. The van der Waals surface area contributed by atoms with Crippen LogP contribution in [0.4, 0.5) is 0 Å². The lowest BCUT2D eigenvalue weighted by molar-refractivity contribution is -0.148. The molecule has 1 fully saturated rings. The number of nitrogens with zero attached hydrogens (tertiary/aromatic N) is 2. The molecular formula is C14H29N3O2. The van der Waals surface area contributed by atoms with Crippen LogP contribution in [-0.4, -0.2) is 74.7 Å². The van der Waals surface area contributed by atoms with Crippen molar-refractivity contribution in [3.05, 3.63) is 0 Å². The Hall–Kier alpha value is -0.650. The lowest BCUT2D eigenvalue weighted by Gasteiger charge is -2.30. The number of hydrogen-bond donors (Lipinski definition) is 1. The van der Waals surface area contributed by atoms with E-state index in [1.54, 1.807) is 0 Å². The van der Waals surface area contributed by atoms with Gasteiger partial charge in [0.05, 0.1) is 7.11 Å². The molecule has 0 bridgehead atoms. The molecule has 1 N–H and O–H groups in total. The Bertz CT molecular complexity index is 286. The second-order valence-corrected chi connectivity index (χ2v) is 5.60. The molecule has 1 atom stereocenters. The van der Waals surface area contributed by atoms with E-state index < -0.39 is 5.54 Å². The SMILES string of the molecule is CCNC(C)(CCN1CCCN(C)CC1)C(=O)OC. The summed E-state index contributed by atoms with van der Waals surface area (Å²) in [4.78, 5) is 16.7. The fourth-order valence-corrected chi connectivity index (χ4v) is 2.58. The highest BCUT2D eigenvalue weighted by molar-refractivity contribution is 5.80. The average Bonchev–Trinajstić information content (AvgIpc) is 2.60. The Labute approximate surface area is 117 Å². The number of rotatable bonds is 6. The number of hydrogen-bond acceptors (Lipinski definition) is 5. The van der Waals surface area contributed by atoms with E-state index in [1.165, 1.54) is 13.5 Å². The van der Waals surface area contributed by atoms with Crippen molar-refractivity contribution in [3.63, 3.8) is 0 Å². The lowest BCUT2D eigenvalue weighted by Crippen LogP contribution is -2.52. The molecule has 1 heterocycles. The van der Waals surface area contributed by atoms with Crippen LogP contribution < -0.4 is 5.32 Å². The molecule has 1 aliphatic heterocycles. The van der Waals surface area contributed by atoms with Crippen molar-refractivity contribution in [3.8, 4) is 0 Å². The van der Waals surface area contributed by atoms with Gasteiger partial charge in [-0.05, 0) is 46.4 Å². The molecule has 1 unspecified atom stereocenters. The standard InChI is InChI=1S/C14H29N3O2/c1-5-15-14(2,13(18)19-4)7-10-17-9-6-8-16(3)11-12-17/h15H,5-12H2,1-4H3. The van der Waals surface area contributed by atoms with E-state index in [0.29, 0.717) is 0 Å². The van der Waals surface area contributed by atoms with Crippen LogP contribution in [0.25, 0.3) is 0 Å². The molecule has 19 heavy (non-hydrogen) atoms. The molecule has 0 aliphatic carbocycles. The number of methoxy groups -OCH3 is 1. The fourth-order valence-electron chi connectivity index (χ4n) is 2.58. The van der Waals surface area contributed by atoms with E-state index in [0.717, 1.165) is 45.7 Å². The normalized spacial score (nSPS) is 21.7. The number of nitrogens with one attached hydrogen (secondary N) is 1. The molecule has 0 aromatic rings. The van der Waals surface area contributed by atoms with Crippen molar-refractivity contribution in [1.29, 1.82) is 0 Å². The molecule has 0 aromatic heterocycles. The molecule has 1 saturated heterocycles. The van der Waals surface area contributed by atoms with Gasteiger partial charge in [0.15, 0.2) is 0 Å². The third kappa shape index (κ3) is 5.09. The Morgan fingerprint density at radius 2 is 2.05 bits per heavy atom. The van der Waals surface area contributed by atoms with Crippen molar-refractivity contribution >= 4 is 5.97 Å². The number of carbonyl (C=O) groups excluding carboxylic acids is 1. The van der Waals surface area contributed by atoms with Gasteiger partial charge in [0, 0.05) is 19.6 Å². The van der Waals surface area contributed by atoms with Gasteiger partial charge in [-0.1, -0.05) is 6.92 Å². The quantitative estimate of drug-likeness (QED) is 0.715. The van der Waals surface area contributed by atoms with Gasteiger partial charge >= 0.3 is 5.97 Å². The van der Waals surface area contributed by atoms with Gasteiger partial charge in [0.25, 0.3) is 0 Å². The van der Waals surface area contributed by atoms with Gasteiger partial charge in [-0.25, -0.2) is 0 Å². The highest BCUT2D eigenvalue weighted by atomic mass is 16.5. The van der Waals surface area contributed by atoms with Gasteiger partial charge in [0.2, 0.25) is 0 Å². The van der Waals surface area contributed by atoms with Gasteiger partial charge in [0.1, 0.15) is 5.54 Å². The van der Waals surface area contributed by atoms with Gasteiger partial charge in [-0.2, -0.15) is 0 Å². The summed E-state index contributed by atoms with van der Waals surface area (Å²) >= 11 is 0. The van der Waals surface area contributed by atoms with Crippen molar-refractivity contribution in [2.75, 3.05) is 53.4 Å². The Morgan fingerprint density at radius 3 is 2.68 bits per heavy atom. The van der Waals surface area contributed by atoms with E-state index in [1.807, 2.05) is 13.8 Å². The first-order valence-electron chi connectivity index (χ1n) is 7.26. The van der Waals surface area contributed by atoms with Crippen molar-refractivity contribution in [2.24, 2.45) is 0 Å². The molecule has 112 valence electrons. The molecule has 0 amide bonds. The van der Waals surface area contributed by atoms with Crippen LogP contribution >= 0.6 is 0 Å². The number of esters is 1. The predicted octanol–water partition coefficient (Wildman–Crippen LogP) is 0.555. The lowest BCUT2D eigenvalue weighted by atomic mass is 9.97. The Balaban J connectivity index is 2.49. The smallest absolute Gasteiger partial charge is 0.325 e. The zero-order chi connectivity index (χ0) is 14.3. The van der Waals surface area contributed by atoms with E-state index in [9.17, 15) is 4.79 Å². The largest absolute Gasteiger partial charge is 0.468 e. The molecule has 1 rings (SSSR count). The molecule has 0 spiro atoms. The summed E-state index contributed by atoms with van der Waals surface area (Å²) in [6, 6.07) is 0. The van der Waals surface area contributed by atoms with Crippen LogP contribution in [-0.2, 0) is 9.53 Å². The van der Waals surface area contributed by atoms with Crippen LogP contribution in [0.5, 0.6) is 0 Å². The van der Waals surface area contributed by atoms with E-state index in [2.05, 4.69) is 22.2 Å². The van der Waals surface area contributed by atoms with E-state index in [4.69, 9.17) is 4.74 Å². The topological polar surface area (TPSA) is 44.8 Å². The minimum Gasteiger partial charge on any atom is -0.468 e. The highest BCUT2D eigenvalue weighted by Gasteiger charge is 2.33. The van der Waals surface area contributed by atoms with Crippen molar-refractivity contribution < 1.29 is 9.53 Å².